The predicted molar refractivity (Wildman–Crippen MR) is 86.0 cm³/mol. The second kappa shape index (κ2) is 6.93. The van der Waals surface area contributed by atoms with Crippen LogP contribution in [0.5, 0.6) is 11.9 Å². The van der Waals surface area contributed by atoms with Gasteiger partial charge in [0.1, 0.15) is 0 Å². The van der Waals surface area contributed by atoms with E-state index in [0.717, 1.165) is 25.7 Å². The van der Waals surface area contributed by atoms with Crippen LogP contribution < -0.4 is 10.1 Å². The fourth-order valence-electron chi connectivity index (χ4n) is 2.23. The third-order valence-corrected chi connectivity index (χ3v) is 3.41. The van der Waals surface area contributed by atoms with Crippen molar-refractivity contribution in [1.82, 2.24) is 20.3 Å². The molecule has 1 aliphatic heterocycles. The van der Waals surface area contributed by atoms with Gasteiger partial charge in [-0.15, -0.1) is 0 Å². The molecule has 2 aromatic rings. The Morgan fingerprint density at radius 2 is 2.39 bits per heavy atom. The molecule has 1 saturated heterocycles. The smallest absolute Gasteiger partial charge is 0.326 e. The van der Waals surface area contributed by atoms with Gasteiger partial charge in [0.15, 0.2) is 5.76 Å². The lowest BCUT2D eigenvalue weighted by Gasteiger charge is -2.05. The molecule has 8 heteroatoms. The number of allylic oxidation sites excluding steroid dienone is 1. The van der Waals surface area contributed by atoms with Gasteiger partial charge in [0.05, 0.1) is 29.5 Å². The maximum atomic E-state index is 9.89. The number of aromatic nitrogens is 3. The maximum absolute atomic E-state index is 9.89. The molecular weight excluding hydrogens is 296 g/mol. The number of hydrogen-bond acceptors (Lipinski definition) is 8. The molecule has 0 aromatic carbocycles. The Balaban J connectivity index is 1.77. The van der Waals surface area contributed by atoms with Crippen LogP contribution in [0, 0.1) is 11.3 Å². The number of rotatable bonds is 5. The molecule has 0 amide bonds. The van der Waals surface area contributed by atoms with Crippen LogP contribution in [0.1, 0.15) is 6.42 Å². The van der Waals surface area contributed by atoms with Crippen molar-refractivity contribution < 1.29 is 9.84 Å². The Hall–Kier alpha value is -2.87. The standard InChI is InChI=1S/C15H16N6O2/c16-5-11(8-19-7-10-1-3-17-6-10)23-15-20-13-9-18-4-2-12(13)14(22)21-15/h2,4-5,7-10,16-17H,1,3,6H2,(H,20,21,22)/b11-8+,16-5?,19-7+. The Morgan fingerprint density at radius 1 is 1.48 bits per heavy atom. The Labute approximate surface area is 132 Å². The molecule has 23 heavy (non-hydrogen) atoms. The number of aliphatic imine (C=N–C) groups is 1. The molecule has 0 spiro atoms. The molecule has 0 aliphatic carbocycles. The second-order valence-electron chi connectivity index (χ2n) is 5.05. The van der Waals surface area contributed by atoms with E-state index in [-0.39, 0.29) is 17.6 Å². The van der Waals surface area contributed by atoms with E-state index in [1.54, 1.807) is 12.3 Å². The quantitative estimate of drug-likeness (QED) is 0.565. The van der Waals surface area contributed by atoms with Crippen LogP contribution in [0.15, 0.2) is 35.4 Å². The highest BCUT2D eigenvalue weighted by molar-refractivity contribution is 5.82. The summed E-state index contributed by atoms with van der Waals surface area (Å²) in [5.74, 6) is 0.373. The number of aromatic hydroxyl groups is 1. The van der Waals surface area contributed by atoms with Gasteiger partial charge in [0, 0.05) is 24.9 Å². The van der Waals surface area contributed by atoms with E-state index in [4.69, 9.17) is 10.1 Å². The highest BCUT2D eigenvalue weighted by Gasteiger charge is 2.11. The van der Waals surface area contributed by atoms with E-state index in [2.05, 4.69) is 25.3 Å². The summed E-state index contributed by atoms with van der Waals surface area (Å²) in [5, 5.41) is 21.0. The number of nitrogens with one attached hydrogen (secondary N) is 2. The molecule has 8 nitrogen and oxygen atoms in total. The molecule has 3 heterocycles. The lowest BCUT2D eigenvalue weighted by molar-refractivity contribution is 0.396. The van der Waals surface area contributed by atoms with E-state index in [9.17, 15) is 5.11 Å². The van der Waals surface area contributed by atoms with E-state index >= 15 is 0 Å². The van der Waals surface area contributed by atoms with Gasteiger partial charge in [-0.2, -0.15) is 9.97 Å². The van der Waals surface area contributed by atoms with Crippen LogP contribution in [-0.4, -0.2) is 45.6 Å². The lowest BCUT2D eigenvalue weighted by Crippen LogP contribution is -2.09. The zero-order valence-electron chi connectivity index (χ0n) is 12.3. The van der Waals surface area contributed by atoms with Crippen LogP contribution >= 0.6 is 0 Å². The normalized spacial score (nSPS) is 18.6. The summed E-state index contributed by atoms with van der Waals surface area (Å²) >= 11 is 0. The first-order valence-corrected chi connectivity index (χ1v) is 7.19. The third kappa shape index (κ3) is 3.67. The van der Waals surface area contributed by atoms with Crippen LogP contribution in [0.3, 0.4) is 0 Å². The van der Waals surface area contributed by atoms with Crippen molar-refractivity contribution in [2.45, 2.75) is 6.42 Å². The average molecular weight is 312 g/mol. The minimum absolute atomic E-state index is 0.0597. The van der Waals surface area contributed by atoms with E-state index < -0.39 is 0 Å². The van der Waals surface area contributed by atoms with E-state index in [1.165, 1.54) is 12.4 Å². The molecule has 1 unspecified atom stereocenters. The van der Waals surface area contributed by atoms with Gasteiger partial charge in [0.25, 0.3) is 0 Å². The van der Waals surface area contributed by atoms with Crippen molar-refractivity contribution in [3.05, 3.63) is 30.4 Å². The summed E-state index contributed by atoms with van der Waals surface area (Å²) in [7, 11) is 0. The Kier molecular flexibility index (Phi) is 4.53. The minimum atomic E-state index is -0.197. The van der Waals surface area contributed by atoms with Crippen molar-refractivity contribution in [2.24, 2.45) is 10.9 Å². The van der Waals surface area contributed by atoms with Gasteiger partial charge in [-0.05, 0) is 19.0 Å². The number of fused-ring (bicyclic) bond motifs is 1. The minimum Gasteiger partial charge on any atom is -0.493 e. The van der Waals surface area contributed by atoms with Crippen LogP contribution in [0.2, 0.25) is 0 Å². The number of hydrogen-bond donors (Lipinski definition) is 3. The summed E-state index contributed by atoms with van der Waals surface area (Å²) in [4.78, 5) is 16.1. The Morgan fingerprint density at radius 3 is 3.17 bits per heavy atom. The summed E-state index contributed by atoms with van der Waals surface area (Å²) in [6.07, 6.45) is 8.36. The van der Waals surface area contributed by atoms with Crippen LogP contribution in [0.4, 0.5) is 0 Å². The largest absolute Gasteiger partial charge is 0.493 e. The first kappa shape index (κ1) is 15.0. The molecule has 0 saturated carbocycles. The molecule has 3 N–H and O–H groups in total. The number of nitrogens with zero attached hydrogens (tertiary/aromatic N) is 4. The second-order valence-corrected chi connectivity index (χ2v) is 5.05. The number of ether oxygens (including phenoxy) is 1. The fourth-order valence-corrected chi connectivity index (χ4v) is 2.23. The fraction of sp³-hybridized carbons (Fsp3) is 0.267. The monoisotopic (exact) mass is 312 g/mol. The van der Waals surface area contributed by atoms with Crippen LogP contribution in [-0.2, 0) is 0 Å². The maximum Gasteiger partial charge on any atom is 0.326 e. The summed E-state index contributed by atoms with van der Waals surface area (Å²) in [6.45, 7) is 1.90. The summed E-state index contributed by atoms with van der Waals surface area (Å²) in [6, 6.07) is 1.55. The predicted octanol–water partition coefficient (Wildman–Crippen LogP) is 1.28. The zero-order valence-corrected chi connectivity index (χ0v) is 12.3. The van der Waals surface area contributed by atoms with E-state index in [0.29, 0.717) is 16.8 Å². The number of pyridine rings is 1. The van der Waals surface area contributed by atoms with Gasteiger partial charge in [0.2, 0.25) is 5.88 Å². The van der Waals surface area contributed by atoms with Crippen LogP contribution in [0.25, 0.3) is 10.9 Å². The van der Waals surface area contributed by atoms with Crippen molar-refractivity contribution in [2.75, 3.05) is 13.1 Å². The summed E-state index contributed by atoms with van der Waals surface area (Å²) < 4.78 is 5.40. The molecule has 1 fully saturated rings. The molecule has 0 radical (unpaired) electrons. The highest BCUT2D eigenvalue weighted by atomic mass is 16.5. The van der Waals surface area contributed by atoms with E-state index in [1.807, 2.05) is 6.21 Å². The molecule has 1 atom stereocenters. The van der Waals surface area contributed by atoms with Crippen molar-refractivity contribution >= 4 is 23.3 Å². The first-order chi connectivity index (χ1) is 11.3. The third-order valence-electron chi connectivity index (χ3n) is 3.41. The van der Waals surface area contributed by atoms with Crippen molar-refractivity contribution in [1.29, 1.82) is 5.41 Å². The zero-order chi connectivity index (χ0) is 16.1. The van der Waals surface area contributed by atoms with Gasteiger partial charge >= 0.3 is 6.01 Å². The molecule has 3 rings (SSSR count). The SMILES string of the molecule is N=C/C(=C\N=C\C1CCNC1)Oc1nc(O)c2ccncc2n1. The molecule has 118 valence electrons. The highest BCUT2D eigenvalue weighted by Crippen LogP contribution is 2.23. The topological polar surface area (TPSA) is 116 Å². The molecule has 2 aromatic heterocycles. The van der Waals surface area contributed by atoms with Gasteiger partial charge in [-0.25, -0.2) is 0 Å². The van der Waals surface area contributed by atoms with Crippen molar-refractivity contribution in [3.8, 4) is 11.9 Å². The molecule has 0 bridgehead atoms. The molecular formula is C15H16N6O2. The average Bonchev–Trinajstić information content (AvgIpc) is 3.07. The Bertz CT molecular complexity index is 768. The molecule has 1 aliphatic rings. The summed E-state index contributed by atoms with van der Waals surface area (Å²) in [5.41, 5.74) is 0.458. The van der Waals surface area contributed by atoms with Gasteiger partial charge in [-0.1, -0.05) is 0 Å². The van der Waals surface area contributed by atoms with Gasteiger partial charge in [-0.3, -0.25) is 9.98 Å². The van der Waals surface area contributed by atoms with Crippen molar-refractivity contribution in [3.63, 3.8) is 0 Å². The van der Waals surface area contributed by atoms with Gasteiger partial charge < -0.3 is 20.6 Å². The first-order valence-electron chi connectivity index (χ1n) is 7.19. The lowest BCUT2D eigenvalue weighted by atomic mass is 10.1.